The second kappa shape index (κ2) is 12.1. The van der Waals surface area contributed by atoms with Crippen LogP contribution in [-0.4, -0.2) is 44.0 Å². The van der Waals surface area contributed by atoms with Gasteiger partial charge >= 0.3 is 6.03 Å². The fourth-order valence-corrected chi connectivity index (χ4v) is 3.61. The Kier molecular flexibility index (Phi) is 9.56. The van der Waals surface area contributed by atoms with Crippen LogP contribution in [0.4, 0.5) is 10.5 Å². The van der Waals surface area contributed by atoms with E-state index < -0.39 is 4.92 Å². The molecule has 8 nitrogen and oxygen atoms in total. The number of ether oxygens (including phenoxy) is 2. The van der Waals surface area contributed by atoms with Crippen LogP contribution >= 0.6 is 23.4 Å². The zero-order valence-electron chi connectivity index (χ0n) is 16.8. The van der Waals surface area contributed by atoms with E-state index in [1.165, 1.54) is 25.8 Å². The number of nitrogens with one attached hydrogen (secondary N) is 2. The average Bonchev–Trinajstić information content (AvgIpc) is 2.74. The minimum atomic E-state index is -0.477. The molecule has 0 aromatic heterocycles. The number of amides is 2. The summed E-state index contributed by atoms with van der Waals surface area (Å²) in [5.41, 5.74) is 1.55. The Hall–Kier alpha value is -2.65. The van der Waals surface area contributed by atoms with Gasteiger partial charge in [0, 0.05) is 35.2 Å². The monoisotopic (exact) mass is 453 g/mol. The van der Waals surface area contributed by atoms with Gasteiger partial charge in [-0.1, -0.05) is 23.7 Å². The van der Waals surface area contributed by atoms with Crippen LogP contribution in [0.5, 0.6) is 11.5 Å². The van der Waals surface area contributed by atoms with E-state index in [1.807, 2.05) is 24.3 Å². The molecule has 0 radical (unpaired) electrons. The van der Waals surface area contributed by atoms with E-state index in [1.54, 1.807) is 17.8 Å². The molecule has 0 unspecified atom stereocenters. The molecule has 2 aromatic rings. The maximum absolute atomic E-state index is 11.9. The van der Waals surface area contributed by atoms with Crippen molar-refractivity contribution in [1.82, 2.24) is 10.6 Å². The van der Waals surface area contributed by atoms with Crippen molar-refractivity contribution in [2.75, 3.05) is 33.1 Å². The number of nitro groups is 1. The molecule has 30 heavy (non-hydrogen) atoms. The fraction of sp³-hybridized carbons (Fsp3) is 0.350. The summed E-state index contributed by atoms with van der Waals surface area (Å²) in [6, 6.07) is 10.2. The smallest absolute Gasteiger partial charge is 0.314 e. The predicted octanol–water partition coefficient (Wildman–Crippen LogP) is 4.04. The summed E-state index contributed by atoms with van der Waals surface area (Å²) in [6.45, 7) is 0.765. The molecule has 0 aliphatic rings. The number of hydrogen-bond acceptors (Lipinski definition) is 6. The number of carbonyl (C=O) groups excluding carboxylic acids is 1. The van der Waals surface area contributed by atoms with Crippen molar-refractivity contribution in [1.29, 1.82) is 0 Å². The van der Waals surface area contributed by atoms with Gasteiger partial charge in [-0.05, 0) is 30.2 Å². The molecule has 0 aliphatic carbocycles. The Labute approximate surface area is 184 Å². The lowest BCUT2D eigenvalue weighted by Crippen LogP contribution is -2.37. The molecule has 10 heteroatoms. The highest BCUT2D eigenvalue weighted by molar-refractivity contribution is 7.98. The Balaban J connectivity index is 1.73. The second-order valence-corrected chi connectivity index (χ2v) is 7.75. The summed E-state index contributed by atoms with van der Waals surface area (Å²) in [7, 11) is 2.88. The first-order chi connectivity index (χ1) is 14.4. The van der Waals surface area contributed by atoms with Crippen LogP contribution in [0.1, 0.15) is 11.1 Å². The van der Waals surface area contributed by atoms with Crippen molar-refractivity contribution in [3.63, 3.8) is 0 Å². The van der Waals surface area contributed by atoms with E-state index in [2.05, 4.69) is 10.6 Å². The van der Waals surface area contributed by atoms with Crippen LogP contribution in [0, 0.1) is 10.1 Å². The molecule has 0 saturated carbocycles. The second-order valence-electron chi connectivity index (χ2n) is 6.20. The predicted molar refractivity (Wildman–Crippen MR) is 119 cm³/mol. The first-order valence-corrected chi connectivity index (χ1v) is 10.7. The SMILES string of the molecule is COc1cc(CCNC(=O)NCCSCc2ccc(Cl)cc2)c([N+](=O)[O-])cc1OC. The number of urea groups is 1. The summed E-state index contributed by atoms with van der Waals surface area (Å²) >= 11 is 7.56. The van der Waals surface area contributed by atoms with Gasteiger partial charge in [-0.2, -0.15) is 11.8 Å². The van der Waals surface area contributed by atoms with Crippen LogP contribution < -0.4 is 20.1 Å². The van der Waals surface area contributed by atoms with Gasteiger partial charge in [-0.25, -0.2) is 4.79 Å². The first-order valence-electron chi connectivity index (χ1n) is 9.17. The van der Waals surface area contributed by atoms with Crippen LogP contribution in [-0.2, 0) is 12.2 Å². The Morgan fingerprint density at radius 1 is 1.10 bits per heavy atom. The molecule has 2 amide bonds. The molecule has 0 atom stereocenters. The number of nitro benzene ring substituents is 1. The normalized spacial score (nSPS) is 10.4. The zero-order chi connectivity index (χ0) is 21.9. The molecule has 2 rings (SSSR count). The molecule has 162 valence electrons. The maximum Gasteiger partial charge on any atom is 0.314 e. The number of halogens is 1. The third-order valence-corrected chi connectivity index (χ3v) is 5.46. The van der Waals surface area contributed by atoms with Gasteiger partial charge in [0.2, 0.25) is 0 Å². The van der Waals surface area contributed by atoms with E-state index in [0.717, 1.165) is 11.5 Å². The molecule has 0 saturated heterocycles. The molecular formula is C20H24ClN3O5S. The minimum Gasteiger partial charge on any atom is -0.493 e. The third-order valence-electron chi connectivity index (χ3n) is 4.18. The lowest BCUT2D eigenvalue weighted by Gasteiger charge is -2.11. The van der Waals surface area contributed by atoms with Crippen molar-refractivity contribution in [2.45, 2.75) is 12.2 Å². The van der Waals surface area contributed by atoms with Gasteiger partial charge < -0.3 is 20.1 Å². The van der Waals surface area contributed by atoms with Crippen molar-refractivity contribution in [3.8, 4) is 11.5 Å². The molecule has 2 aromatic carbocycles. The minimum absolute atomic E-state index is 0.0755. The van der Waals surface area contributed by atoms with E-state index in [9.17, 15) is 14.9 Å². The highest BCUT2D eigenvalue weighted by atomic mass is 35.5. The standard InChI is InChI=1S/C20H24ClN3O5S/c1-28-18-11-15(17(24(26)27)12-19(18)29-2)7-8-22-20(25)23-9-10-30-13-14-3-5-16(21)6-4-14/h3-6,11-12H,7-10,13H2,1-2H3,(H2,22,23,25). The first kappa shape index (κ1) is 23.6. The van der Waals surface area contributed by atoms with Gasteiger partial charge in [0.15, 0.2) is 11.5 Å². The summed E-state index contributed by atoms with van der Waals surface area (Å²) in [5.74, 6) is 2.29. The van der Waals surface area contributed by atoms with Gasteiger partial charge in [0.05, 0.1) is 25.2 Å². The van der Waals surface area contributed by atoms with Crippen LogP contribution in [0.3, 0.4) is 0 Å². The molecule has 2 N–H and O–H groups in total. The molecule has 0 heterocycles. The largest absolute Gasteiger partial charge is 0.493 e. The molecule has 0 fully saturated rings. The van der Waals surface area contributed by atoms with E-state index >= 15 is 0 Å². The molecular weight excluding hydrogens is 430 g/mol. The van der Waals surface area contributed by atoms with E-state index in [0.29, 0.717) is 22.9 Å². The van der Waals surface area contributed by atoms with Gasteiger partial charge in [0.1, 0.15) is 0 Å². The number of benzene rings is 2. The summed E-state index contributed by atoms with van der Waals surface area (Å²) in [4.78, 5) is 22.8. The van der Waals surface area contributed by atoms with Gasteiger partial charge in [-0.15, -0.1) is 0 Å². The number of methoxy groups -OCH3 is 2. The topological polar surface area (TPSA) is 103 Å². The fourth-order valence-electron chi connectivity index (χ4n) is 2.66. The summed E-state index contributed by atoms with van der Waals surface area (Å²) in [6.07, 6.45) is 0.287. The van der Waals surface area contributed by atoms with Crippen molar-refractivity contribution in [2.24, 2.45) is 0 Å². The maximum atomic E-state index is 11.9. The Bertz CT molecular complexity index is 864. The lowest BCUT2D eigenvalue weighted by molar-refractivity contribution is -0.385. The van der Waals surface area contributed by atoms with Gasteiger partial charge in [-0.3, -0.25) is 10.1 Å². The summed E-state index contributed by atoms with van der Waals surface area (Å²) in [5, 5.41) is 17.5. The van der Waals surface area contributed by atoms with Gasteiger partial charge in [0.25, 0.3) is 5.69 Å². The number of rotatable bonds is 11. The highest BCUT2D eigenvalue weighted by Crippen LogP contribution is 2.34. The third kappa shape index (κ3) is 7.31. The highest BCUT2D eigenvalue weighted by Gasteiger charge is 2.19. The average molecular weight is 454 g/mol. The van der Waals surface area contributed by atoms with Crippen LogP contribution in [0.2, 0.25) is 5.02 Å². The van der Waals surface area contributed by atoms with Crippen molar-refractivity contribution >= 4 is 35.1 Å². The Morgan fingerprint density at radius 2 is 1.73 bits per heavy atom. The lowest BCUT2D eigenvalue weighted by atomic mass is 10.1. The molecule has 0 bridgehead atoms. The van der Waals surface area contributed by atoms with E-state index in [4.69, 9.17) is 21.1 Å². The van der Waals surface area contributed by atoms with E-state index in [-0.39, 0.29) is 30.4 Å². The Morgan fingerprint density at radius 3 is 2.37 bits per heavy atom. The number of carbonyl (C=O) groups is 1. The molecule has 0 aliphatic heterocycles. The number of thioether (sulfide) groups is 1. The zero-order valence-corrected chi connectivity index (χ0v) is 18.3. The van der Waals surface area contributed by atoms with Crippen molar-refractivity contribution < 1.29 is 19.2 Å². The van der Waals surface area contributed by atoms with Crippen LogP contribution in [0.15, 0.2) is 36.4 Å². The number of nitrogens with zero attached hydrogens (tertiary/aromatic N) is 1. The summed E-state index contributed by atoms with van der Waals surface area (Å²) < 4.78 is 10.3. The van der Waals surface area contributed by atoms with Crippen LogP contribution in [0.25, 0.3) is 0 Å². The van der Waals surface area contributed by atoms with Crippen molar-refractivity contribution in [3.05, 3.63) is 62.7 Å². The number of hydrogen-bond donors (Lipinski definition) is 2. The molecule has 0 spiro atoms. The quantitative estimate of drug-likeness (QED) is 0.302.